The van der Waals surface area contributed by atoms with Crippen LogP contribution in [0.4, 0.5) is 10.5 Å². The molecule has 3 aliphatic rings. The van der Waals surface area contributed by atoms with Gasteiger partial charge in [-0.05, 0) is 67.3 Å². The van der Waals surface area contributed by atoms with Gasteiger partial charge in [-0.2, -0.15) is 10.2 Å². The highest BCUT2D eigenvalue weighted by Crippen LogP contribution is 2.34. The van der Waals surface area contributed by atoms with E-state index < -0.39 is 0 Å². The lowest BCUT2D eigenvalue weighted by Crippen LogP contribution is -2.50. The zero-order valence-corrected chi connectivity index (χ0v) is 17.7. The number of hydrogen-bond acceptors (Lipinski definition) is 4. The van der Waals surface area contributed by atoms with Gasteiger partial charge in [-0.3, -0.25) is 4.79 Å². The van der Waals surface area contributed by atoms with Crippen molar-refractivity contribution in [1.29, 1.82) is 0 Å². The second kappa shape index (κ2) is 8.65. The van der Waals surface area contributed by atoms with Gasteiger partial charge in [0.15, 0.2) is 0 Å². The van der Waals surface area contributed by atoms with Gasteiger partial charge in [0.25, 0.3) is 0 Å². The summed E-state index contributed by atoms with van der Waals surface area (Å²) in [4.78, 5) is 28.6. The third-order valence-corrected chi connectivity index (χ3v) is 6.82. The lowest BCUT2D eigenvalue weighted by molar-refractivity contribution is -0.132. The fourth-order valence-electron chi connectivity index (χ4n) is 4.56. The summed E-state index contributed by atoms with van der Waals surface area (Å²) >= 11 is 0. The first-order valence-corrected chi connectivity index (χ1v) is 11.4. The number of piperidine rings is 1. The fraction of sp³-hybridized carbons (Fsp3) is 0.500. The second-order valence-electron chi connectivity index (χ2n) is 9.11. The Morgan fingerprint density at radius 3 is 2.32 bits per heavy atom. The molecule has 5 rings (SSSR count). The lowest BCUT2D eigenvalue weighted by atomic mass is 9.89. The third-order valence-electron chi connectivity index (χ3n) is 6.82. The highest BCUT2D eigenvalue weighted by molar-refractivity contribution is 5.90. The molecule has 0 bridgehead atoms. The van der Waals surface area contributed by atoms with Crippen molar-refractivity contribution in [2.75, 3.05) is 31.5 Å². The molecular weight excluding hydrogens is 390 g/mol. The summed E-state index contributed by atoms with van der Waals surface area (Å²) in [6, 6.07) is 12.0. The van der Waals surface area contributed by atoms with Crippen LogP contribution >= 0.6 is 0 Å². The largest absolute Gasteiger partial charge is 0.343 e. The monoisotopic (exact) mass is 419 g/mol. The van der Waals surface area contributed by atoms with Crippen LogP contribution in [-0.4, -0.2) is 58.1 Å². The summed E-state index contributed by atoms with van der Waals surface area (Å²) in [6.07, 6.45) is 6.89. The number of benzene rings is 1. The Labute approximate surface area is 182 Å². The number of carbonyl (C=O) groups excluding carboxylic acids is 2. The number of carbonyl (C=O) groups is 2. The summed E-state index contributed by atoms with van der Waals surface area (Å²) in [5.74, 6) is 1.75. The van der Waals surface area contributed by atoms with Crippen molar-refractivity contribution >= 4 is 17.6 Å². The maximum atomic E-state index is 12.5. The molecule has 3 heterocycles. The highest BCUT2D eigenvalue weighted by atomic mass is 16.2. The van der Waals surface area contributed by atoms with E-state index in [1.54, 1.807) is 11.1 Å². The predicted octanol–water partition coefficient (Wildman–Crippen LogP) is 3.61. The summed E-state index contributed by atoms with van der Waals surface area (Å²) < 4.78 is 0. The van der Waals surface area contributed by atoms with Crippen LogP contribution in [0.15, 0.2) is 42.6 Å². The quantitative estimate of drug-likeness (QED) is 0.803. The molecule has 1 aromatic carbocycles. The highest BCUT2D eigenvalue weighted by Gasteiger charge is 2.33. The molecule has 1 aromatic heterocycles. The second-order valence-corrected chi connectivity index (χ2v) is 9.11. The molecule has 2 saturated heterocycles. The minimum atomic E-state index is -0.0737. The van der Waals surface area contributed by atoms with Crippen molar-refractivity contribution in [3.05, 3.63) is 53.9 Å². The van der Waals surface area contributed by atoms with Crippen molar-refractivity contribution in [2.45, 2.75) is 43.9 Å². The van der Waals surface area contributed by atoms with E-state index in [0.29, 0.717) is 30.8 Å². The van der Waals surface area contributed by atoms with Gasteiger partial charge in [0, 0.05) is 50.4 Å². The van der Waals surface area contributed by atoms with Crippen molar-refractivity contribution in [3.8, 4) is 0 Å². The fourth-order valence-corrected chi connectivity index (χ4v) is 4.56. The molecule has 0 radical (unpaired) electrons. The Hall–Kier alpha value is -2.96. The molecule has 7 nitrogen and oxygen atoms in total. The zero-order chi connectivity index (χ0) is 21.2. The third kappa shape index (κ3) is 4.70. The number of hydrogen-bond donors (Lipinski definition) is 1. The van der Waals surface area contributed by atoms with Gasteiger partial charge in [0.1, 0.15) is 0 Å². The van der Waals surface area contributed by atoms with Crippen LogP contribution in [0.3, 0.4) is 0 Å². The number of rotatable bonds is 5. The van der Waals surface area contributed by atoms with Crippen molar-refractivity contribution < 1.29 is 9.59 Å². The molecule has 3 amide bonds. The lowest BCUT2D eigenvalue weighted by Gasteiger charge is -2.38. The Morgan fingerprint density at radius 1 is 0.935 bits per heavy atom. The normalized spacial score (nSPS) is 19.7. The van der Waals surface area contributed by atoms with E-state index >= 15 is 0 Å². The van der Waals surface area contributed by atoms with E-state index in [0.717, 1.165) is 43.7 Å². The van der Waals surface area contributed by atoms with Gasteiger partial charge in [-0.25, -0.2) is 4.79 Å². The topological polar surface area (TPSA) is 78.4 Å². The summed E-state index contributed by atoms with van der Waals surface area (Å²) in [7, 11) is 0. The summed E-state index contributed by atoms with van der Waals surface area (Å²) in [5, 5.41) is 11.0. The molecule has 7 heteroatoms. The van der Waals surface area contributed by atoms with Crippen molar-refractivity contribution in [3.63, 3.8) is 0 Å². The van der Waals surface area contributed by atoms with Gasteiger partial charge in [-0.1, -0.05) is 12.1 Å². The molecule has 1 aliphatic carbocycles. The molecular formula is C24H29N5O2. The van der Waals surface area contributed by atoms with Gasteiger partial charge in [0.05, 0.1) is 5.69 Å². The van der Waals surface area contributed by atoms with E-state index in [4.69, 9.17) is 0 Å². The standard InChI is InChI=1S/C24H29N5O2/c30-23(14-17-3-4-17)28-12-9-19(10-13-28)18-5-7-21(8-6-18)26-24(31)29-15-20(16-29)22-2-1-11-25-27-22/h1-2,5-8,11,17,19-20H,3-4,9-10,12-16H2,(H,26,31). The van der Waals surface area contributed by atoms with E-state index in [-0.39, 0.29) is 11.9 Å². The number of anilines is 1. The maximum Gasteiger partial charge on any atom is 0.321 e. The number of urea groups is 1. The van der Waals surface area contributed by atoms with E-state index in [9.17, 15) is 9.59 Å². The average molecular weight is 420 g/mol. The number of nitrogens with one attached hydrogen (secondary N) is 1. The van der Waals surface area contributed by atoms with Crippen LogP contribution < -0.4 is 5.32 Å². The molecule has 0 unspecified atom stereocenters. The molecule has 0 spiro atoms. The van der Waals surface area contributed by atoms with Crippen LogP contribution in [-0.2, 0) is 4.79 Å². The zero-order valence-electron chi connectivity index (χ0n) is 17.7. The Morgan fingerprint density at radius 2 is 1.68 bits per heavy atom. The first-order chi connectivity index (χ1) is 15.2. The summed E-state index contributed by atoms with van der Waals surface area (Å²) in [5.41, 5.74) is 3.05. The molecule has 162 valence electrons. The average Bonchev–Trinajstić information content (AvgIpc) is 3.58. The molecule has 1 saturated carbocycles. The molecule has 31 heavy (non-hydrogen) atoms. The predicted molar refractivity (Wildman–Crippen MR) is 118 cm³/mol. The summed E-state index contributed by atoms with van der Waals surface area (Å²) in [6.45, 7) is 3.05. The van der Waals surface area contributed by atoms with Crippen LogP contribution in [0.25, 0.3) is 0 Å². The van der Waals surface area contributed by atoms with Crippen molar-refractivity contribution in [2.24, 2.45) is 5.92 Å². The van der Waals surface area contributed by atoms with E-state index in [2.05, 4.69) is 27.6 Å². The number of nitrogens with zero attached hydrogens (tertiary/aromatic N) is 4. The smallest absolute Gasteiger partial charge is 0.321 e. The van der Waals surface area contributed by atoms with E-state index in [1.165, 1.54) is 18.4 Å². The molecule has 2 aromatic rings. The Bertz CT molecular complexity index is 915. The van der Waals surface area contributed by atoms with Gasteiger partial charge in [-0.15, -0.1) is 0 Å². The van der Waals surface area contributed by atoms with Gasteiger partial charge >= 0.3 is 6.03 Å². The number of aromatic nitrogens is 2. The first-order valence-electron chi connectivity index (χ1n) is 11.4. The van der Waals surface area contributed by atoms with Gasteiger partial charge in [0.2, 0.25) is 5.91 Å². The molecule has 3 fully saturated rings. The van der Waals surface area contributed by atoms with Crippen LogP contribution in [0.2, 0.25) is 0 Å². The Balaban J connectivity index is 1.08. The van der Waals surface area contributed by atoms with Crippen LogP contribution in [0.5, 0.6) is 0 Å². The van der Waals surface area contributed by atoms with Crippen molar-refractivity contribution in [1.82, 2.24) is 20.0 Å². The maximum absolute atomic E-state index is 12.5. The first kappa shape index (κ1) is 20.0. The molecule has 1 N–H and O–H groups in total. The van der Waals surface area contributed by atoms with Gasteiger partial charge < -0.3 is 15.1 Å². The SMILES string of the molecule is O=C(CC1CC1)N1CCC(c2ccc(NC(=O)N3CC(c4cccnn4)C3)cc2)CC1. The van der Waals surface area contributed by atoms with Crippen LogP contribution in [0.1, 0.15) is 55.2 Å². The Kier molecular flexibility index (Phi) is 5.57. The molecule has 2 aliphatic heterocycles. The molecule has 0 atom stereocenters. The number of amides is 3. The van der Waals surface area contributed by atoms with Crippen LogP contribution in [0, 0.1) is 5.92 Å². The minimum absolute atomic E-state index is 0.0737. The number of likely N-dealkylation sites (tertiary alicyclic amines) is 2. The van der Waals surface area contributed by atoms with E-state index in [1.807, 2.05) is 29.2 Å². The minimum Gasteiger partial charge on any atom is -0.343 e.